The summed E-state index contributed by atoms with van der Waals surface area (Å²) in [6.45, 7) is 10.1. The number of thiophene rings is 1. The van der Waals surface area contributed by atoms with Crippen molar-refractivity contribution in [3.8, 4) is 0 Å². The van der Waals surface area contributed by atoms with Crippen molar-refractivity contribution in [1.82, 2.24) is 9.62 Å². The maximum Gasteiger partial charge on any atom is 0.244 e. The Labute approximate surface area is 126 Å². The number of sulfonamides is 1. The SMILES string of the molecule is C=CCN(CCC)S(=O)(=O)c1ccsc1CNCCC. The molecule has 0 aliphatic rings. The summed E-state index contributed by atoms with van der Waals surface area (Å²) in [5.74, 6) is 0. The lowest BCUT2D eigenvalue weighted by atomic mass is 10.4. The first-order chi connectivity index (χ1) is 9.57. The predicted molar refractivity (Wildman–Crippen MR) is 85.6 cm³/mol. The number of rotatable bonds is 10. The average Bonchev–Trinajstić information content (AvgIpc) is 2.88. The number of hydrogen-bond donors (Lipinski definition) is 1. The lowest BCUT2D eigenvalue weighted by molar-refractivity contribution is 0.441. The summed E-state index contributed by atoms with van der Waals surface area (Å²) in [6.07, 6.45) is 3.46. The van der Waals surface area contributed by atoms with Gasteiger partial charge in [0.05, 0.1) is 4.90 Å². The van der Waals surface area contributed by atoms with E-state index in [1.807, 2.05) is 12.3 Å². The van der Waals surface area contributed by atoms with Gasteiger partial charge in [-0.1, -0.05) is 19.9 Å². The summed E-state index contributed by atoms with van der Waals surface area (Å²) in [7, 11) is -3.42. The van der Waals surface area contributed by atoms with Crippen LogP contribution in [-0.2, 0) is 16.6 Å². The molecule has 0 aliphatic heterocycles. The van der Waals surface area contributed by atoms with Crippen LogP contribution in [-0.4, -0.2) is 32.4 Å². The minimum Gasteiger partial charge on any atom is -0.312 e. The molecule has 0 aromatic carbocycles. The molecule has 1 N–H and O–H groups in total. The lowest BCUT2D eigenvalue weighted by Crippen LogP contribution is -2.32. The van der Waals surface area contributed by atoms with Gasteiger partial charge in [0.2, 0.25) is 10.0 Å². The Morgan fingerprint density at radius 2 is 2.15 bits per heavy atom. The molecule has 1 aromatic rings. The highest BCUT2D eigenvalue weighted by molar-refractivity contribution is 7.89. The summed E-state index contributed by atoms with van der Waals surface area (Å²) in [4.78, 5) is 1.31. The van der Waals surface area contributed by atoms with Gasteiger partial charge in [0.15, 0.2) is 0 Å². The molecule has 114 valence electrons. The Balaban J connectivity index is 2.95. The van der Waals surface area contributed by atoms with Gasteiger partial charge in [-0.15, -0.1) is 17.9 Å². The van der Waals surface area contributed by atoms with Gasteiger partial charge in [-0.3, -0.25) is 0 Å². The normalized spacial score (nSPS) is 11.9. The van der Waals surface area contributed by atoms with Gasteiger partial charge in [0.1, 0.15) is 0 Å². The highest BCUT2D eigenvalue weighted by Crippen LogP contribution is 2.25. The minimum atomic E-state index is -3.42. The van der Waals surface area contributed by atoms with E-state index in [0.717, 1.165) is 24.3 Å². The van der Waals surface area contributed by atoms with Crippen molar-refractivity contribution >= 4 is 21.4 Å². The van der Waals surface area contributed by atoms with Gasteiger partial charge in [-0.05, 0) is 30.8 Å². The fraction of sp³-hybridized carbons (Fsp3) is 0.571. The third-order valence-corrected chi connectivity index (χ3v) is 5.84. The monoisotopic (exact) mass is 316 g/mol. The van der Waals surface area contributed by atoms with Crippen molar-refractivity contribution in [1.29, 1.82) is 0 Å². The second kappa shape index (κ2) is 8.56. The molecule has 0 atom stereocenters. The van der Waals surface area contributed by atoms with Gasteiger partial charge in [-0.2, -0.15) is 4.31 Å². The van der Waals surface area contributed by atoms with E-state index in [1.54, 1.807) is 12.1 Å². The van der Waals surface area contributed by atoms with Crippen molar-refractivity contribution in [2.75, 3.05) is 19.6 Å². The standard InChI is InChI=1S/C14H24N2O2S2/c1-4-8-15-12-13-14(7-11-19-13)20(17,18)16(9-5-2)10-6-3/h5,7,11,15H,2,4,6,8-10,12H2,1,3H3. The molecular formula is C14H24N2O2S2. The molecule has 1 rings (SSSR count). The van der Waals surface area contributed by atoms with E-state index in [4.69, 9.17) is 0 Å². The van der Waals surface area contributed by atoms with Crippen LogP contribution < -0.4 is 5.32 Å². The molecule has 6 heteroatoms. The van der Waals surface area contributed by atoms with Crippen LogP contribution in [0.4, 0.5) is 0 Å². The zero-order valence-corrected chi connectivity index (χ0v) is 13.9. The third kappa shape index (κ3) is 4.41. The van der Waals surface area contributed by atoms with Crippen molar-refractivity contribution in [2.45, 2.75) is 38.1 Å². The van der Waals surface area contributed by atoms with E-state index in [-0.39, 0.29) is 0 Å². The molecule has 20 heavy (non-hydrogen) atoms. The molecule has 4 nitrogen and oxygen atoms in total. The third-order valence-electron chi connectivity index (χ3n) is 2.84. The Hall–Kier alpha value is -0.690. The molecule has 1 heterocycles. The maximum absolute atomic E-state index is 12.7. The Bertz CT molecular complexity index is 509. The van der Waals surface area contributed by atoms with Crippen LogP contribution in [0.2, 0.25) is 0 Å². The molecule has 0 bridgehead atoms. The molecule has 0 aliphatic carbocycles. The van der Waals surface area contributed by atoms with Gasteiger partial charge >= 0.3 is 0 Å². The quantitative estimate of drug-likeness (QED) is 0.533. The van der Waals surface area contributed by atoms with Gasteiger partial charge in [0.25, 0.3) is 0 Å². The molecule has 0 amide bonds. The van der Waals surface area contributed by atoms with Crippen LogP contribution in [0.25, 0.3) is 0 Å². The van der Waals surface area contributed by atoms with E-state index < -0.39 is 10.0 Å². The molecule has 1 aromatic heterocycles. The average molecular weight is 316 g/mol. The summed E-state index contributed by atoms with van der Waals surface area (Å²) >= 11 is 1.49. The Morgan fingerprint density at radius 3 is 2.75 bits per heavy atom. The fourth-order valence-electron chi connectivity index (χ4n) is 1.91. The van der Waals surface area contributed by atoms with E-state index in [1.165, 1.54) is 15.6 Å². The second-order valence-electron chi connectivity index (χ2n) is 4.54. The zero-order valence-electron chi connectivity index (χ0n) is 12.3. The van der Waals surface area contributed by atoms with Crippen LogP contribution >= 0.6 is 11.3 Å². The van der Waals surface area contributed by atoms with E-state index >= 15 is 0 Å². The maximum atomic E-state index is 12.7. The topological polar surface area (TPSA) is 49.4 Å². The fourth-order valence-corrected chi connectivity index (χ4v) is 4.80. The Kier molecular flexibility index (Phi) is 7.43. The summed E-state index contributed by atoms with van der Waals surface area (Å²) in [5, 5.41) is 5.10. The largest absolute Gasteiger partial charge is 0.312 e. The molecule has 0 fully saturated rings. The molecule has 0 saturated carbocycles. The van der Waals surface area contributed by atoms with E-state index in [0.29, 0.717) is 24.5 Å². The van der Waals surface area contributed by atoms with Gasteiger partial charge in [-0.25, -0.2) is 8.42 Å². The van der Waals surface area contributed by atoms with Gasteiger partial charge in [0, 0.05) is 24.5 Å². The number of nitrogens with zero attached hydrogens (tertiary/aromatic N) is 1. The zero-order chi connectivity index (χ0) is 15.0. The van der Waals surface area contributed by atoms with Crippen LogP contribution in [0.5, 0.6) is 0 Å². The van der Waals surface area contributed by atoms with Gasteiger partial charge < -0.3 is 5.32 Å². The number of nitrogens with one attached hydrogen (secondary N) is 1. The predicted octanol–water partition coefficient (Wildman–Crippen LogP) is 2.83. The molecule has 0 spiro atoms. The Morgan fingerprint density at radius 1 is 1.40 bits per heavy atom. The minimum absolute atomic E-state index is 0.355. The first-order valence-electron chi connectivity index (χ1n) is 6.96. The first-order valence-corrected chi connectivity index (χ1v) is 9.28. The lowest BCUT2D eigenvalue weighted by Gasteiger charge is -2.20. The summed E-state index contributed by atoms with van der Waals surface area (Å²) in [5.41, 5.74) is 0. The van der Waals surface area contributed by atoms with Crippen molar-refractivity contribution in [2.24, 2.45) is 0 Å². The number of hydrogen-bond acceptors (Lipinski definition) is 4. The van der Waals surface area contributed by atoms with Crippen molar-refractivity contribution in [3.05, 3.63) is 29.0 Å². The van der Waals surface area contributed by atoms with Crippen LogP contribution in [0, 0.1) is 0 Å². The smallest absolute Gasteiger partial charge is 0.244 e. The summed E-state index contributed by atoms with van der Waals surface area (Å²) < 4.78 is 26.9. The van der Waals surface area contributed by atoms with Crippen molar-refractivity contribution in [3.63, 3.8) is 0 Å². The van der Waals surface area contributed by atoms with Crippen molar-refractivity contribution < 1.29 is 8.42 Å². The molecular weight excluding hydrogens is 292 g/mol. The first kappa shape index (κ1) is 17.4. The molecule has 0 radical (unpaired) electrons. The summed E-state index contributed by atoms with van der Waals surface area (Å²) in [6, 6.07) is 1.70. The molecule has 0 saturated heterocycles. The molecule has 0 unspecified atom stereocenters. The highest BCUT2D eigenvalue weighted by atomic mass is 32.2. The van der Waals surface area contributed by atoms with E-state index in [9.17, 15) is 8.42 Å². The van der Waals surface area contributed by atoms with Crippen LogP contribution in [0.1, 0.15) is 31.6 Å². The highest BCUT2D eigenvalue weighted by Gasteiger charge is 2.26. The van der Waals surface area contributed by atoms with Crippen LogP contribution in [0.15, 0.2) is 29.0 Å². The van der Waals surface area contributed by atoms with E-state index in [2.05, 4.69) is 18.8 Å². The van der Waals surface area contributed by atoms with Crippen LogP contribution in [0.3, 0.4) is 0 Å². The second-order valence-corrected chi connectivity index (χ2v) is 7.44.